The van der Waals surface area contributed by atoms with Crippen LogP contribution in [0.4, 0.5) is 5.69 Å². The Labute approximate surface area is 113 Å². The SMILES string of the molecule is Cc1ccc(NC(=O)C(=O)NC(C)CC(C)O)cc1. The number of hydrogen-bond donors (Lipinski definition) is 3. The maximum Gasteiger partial charge on any atom is 0.313 e. The summed E-state index contributed by atoms with van der Waals surface area (Å²) in [7, 11) is 0. The zero-order valence-electron chi connectivity index (χ0n) is 11.4. The van der Waals surface area contributed by atoms with Gasteiger partial charge in [-0.15, -0.1) is 0 Å². The van der Waals surface area contributed by atoms with Crippen LogP contribution in [0.1, 0.15) is 25.8 Å². The molecular weight excluding hydrogens is 244 g/mol. The lowest BCUT2D eigenvalue weighted by Crippen LogP contribution is -2.41. The summed E-state index contributed by atoms with van der Waals surface area (Å²) in [6, 6.07) is 6.92. The number of aliphatic hydroxyl groups excluding tert-OH is 1. The molecule has 0 heterocycles. The van der Waals surface area contributed by atoms with Gasteiger partial charge < -0.3 is 15.7 Å². The summed E-state index contributed by atoms with van der Waals surface area (Å²) < 4.78 is 0. The van der Waals surface area contributed by atoms with Crippen molar-refractivity contribution in [3.05, 3.63) is 29.8 Å². The molecule has 2 amide bonds. The molecule has 0 fully saturated rings. The Hall–Kier alpha value is -1.88. The molecule has 0 aromatic heterocycles. The Bertz CT molecular complexity index is 441. The van der Waals surface area contributed by atoms with Crippen molar-refractivity contribution < 1.29 is 14.7 Å². The highest BCUT2D eigenvalue weighted by molar-refractivity contribution is 6.39. The van der Waals surface area contributed by atoms with Crippen molar-refractivity contribution in [2.45, 2.75) is 39.3 Å². The molecule has 0 aliphatic carbocycles. The minimum absolute atomic E-state index is 0.253. The molecule has 1 aromatic carbocycles. The zero-order chi connectivity index (χ0) is 14.4. The smallest absolute Gasteiger partial charge is 0.313 e. The molecule has 0 aliphatic heterocycles. The van der Waals surface area contributed by atoms with E-state index in [0.717, 1.165) is 5.56 Å². The fraction of sp³-hybridized carbons (Fsp3) is 0.429. The molecule has 0 aliphatic rings. The number of hydrogen-bond acceptors (Lipinski definition) is 3. The van der Waals surface area contributed by atoms with Crippen LogP contribution in [0.2, 0.25) is 0 Å². The Balaban J connectivity index is 2.49. The number of benzene rings is 1. The second-order valence-electron chi connectivity index (χ2n) is 4.78. The quantitative estimate of drug-likeness (QED) is 0.715. The van der Waals surface area contributed by atoms with Gasteiger partial charge in [0.25, 0.3) is 0 Å². The predicted molar refractivity (Wildman–Crippen MR) is 73.7 cm³/mol. The van der Waals surface area contributed by atoms with Gasteiger partial charge in [-0.25, -0.2) is 0 Å². The van der Waals surface area contributed by atoms with Crippen LogP contribution in [0.15, 0.2) is 24.3 Å². The van der Waals surface area contributed by atoms with Crippen LogP contribution in [-0.2, 0) is 9.59 Å². The highest BCUT2D eigenvalue weighted by Crippen LogP contribution is 2.08. The molecule has 5 heteroatoms. The van der Waals surface area contributed by atoms with Crippen LogP contribution in [-0.4, -0.2) is 29.1 Å². The van der Waals surface area contributed by atoms with Gasteiger partial charge >= 0.3 is 11.8 Å². The summed E-state index contributed by atoms with van der Waals surface area (Å²) in [5.74, 6) is -1.41. The average molecular weight is 264 g/mol. The topological polar surface area (TPSA) is 78.4 Å². The second-order valence-corrected chi connectivity index (χ2v) is 4.78. The van der Waals surface area contributed by atoms with Crippen LogP contribution in [0.5, 0.6) is 0 Å². The van der Waals surface area contributed by atoms with Crippen molar-refractivity contribution in [1.29, 1.82) is 0 Å². The first kappa shape index (κ1) is 15.2. The van der Waals surface area contributed by atoms with Gasteiger partial charge in [-0.2, -0.15) is 0 Å². The van der Waals surface area contributed by atoms with Gasteiger partial charge in [0, 0.05) is 11.7 Å². The Kier molecular flexibility index (Phi) is 5.51. The summed E-state index contributed by atoms with van der Waals surface area (Å²) in [6.45, 7) is 5.31. The van der Waals surface area contributed by atoms with E-state index in [1.165, 1.54) is 0 Å². The van der Waals surface area contributed by atoms with Gasteiger partial charge in [0.05, 0.1) is 6.10 Å². The van der Waals surface area contributed by atoms with E-state index >= 15 is 0 Å². The predicted octanol–water partition coefficient (Wildman–Crippen LogP) is 1.21. The fourth-order valence-corrected chi connectivity index (χ4v) is 1.68. The lowest BCUT2D eigenvalue weighted by molar-refractivity contribution is -0.136. The number of rotatable bonds is 4. The molecule has 1 aromatic rings. The maximum atomic E-state index is 11.6. The lowest BCUT2D eigenvalue weighted by atomic mass is 10.1. The summed E-state index contributed by atoms with van der Waals surface area (Å²) >= 11 is 0. The van der Waals surface area contributed by atoms with Gasteiger partial charge in [-0.1, -0.05) is 17.7 Å². The van der Waals surface area contributed by atoms with Gasteiger partial charge in [-0.05, 0) is 39.3 Å². The average Bonchev–Trinajstić information content (AvgIpc) is 2.30. The van der Waals surface area contributed by atoms with E-state index in [1.807, 2.05) is 19.1 Å². The van der Waals surface area contributed by atoms with Crippen LogP contribution in [0, 0.1) is 6.92 Å². The monoisotopic (exact) mass is 264 g/mol. The van der Waals surface area contributed by atoms with Crippen LogP contribution in [0.3, 0.4) is 0 Å². The minimum atomic E-state index is -0.707. The number of carbonyl (C=O) groups excluding carboxylic acids is 2. The molecule has 0 spiro atoms. The molecule has 0 saturated carbocycles. The molecular formula is C14H20N2O3. The van der Waals surface area contributed by atoms with Crippen LogP contribution in [0.25, 0.3) is 0 Å². The minimum Gasteiger partial charge on any atom is -0.393 e. The van der Waals surface area contributed by atoms with Crippen molar-refractivity contribution in [2.75, 3.05) is 5.32 Å². The third-order valence-electron chi connectivity index (χ3n) is 2.59. The van der Waals surface area contributed by atoms with Gasteiger partial charge in [0.1, 0.15) is 0 Å². The first-order valence-corrected chi connectivity index (χ1v) is 6.25. The largest absolute Gasteiger partial charge is 0.393 e. The molecule has 0 bridgehead atoms. The molecule has 2 unspecified atom stereocenters. The van der Waals surface area contributed by atoms with Crippen LogP contribution < -0.4 is 10.6 Å². The summed E-state index contributed by atoms with van der Waals surface area (Å²) in [5, 5.41) is 14.2. The molecule has 104 valence electrons. The Morgan fingerprint density at radius 1 is 1.16 bits per heavy atom. The highest BCUT2D eigenvalue weighted by Gasteiger charge is 2.17. The van der Waals surface area contributed by atoms with Gasteiger partial charge in [0.2, 0.25) is 0 Å². The first-order valence-electron chi connectivity index (χ1n) is 6.25. The number of aryl methyl sites for hydroxylation is 1. The second kappa shape index (κ2) is 6.89. The number of aliphatic hydroxyl groups is 1. The van der Waals surface area contributed by atoms with E-state index < -0.39 is 17.9 Å². The van der Waals surface area contributed by atoms with E-state index in [1.54, 1.807) is 26.0 Å². The normalized spacial score (nSPS) is 13.5. The first-order chi connectivity index (χ1) is 8.88. The van der Waals surface area contributed by atoms with Gasteiger partial charge in [-0.3, -0.25) is 9.59 Å². The van der Waals surface area contributed by atoms with Crippen LogP contribution >= 0.6 is 0 Å². The fourth-order valence-electron chi connectivity index (χ4n) is 1.68. The maximum absolute atomic E-state index is 11.6. The Morgan fingerprint density at radius 2 is 1.74 bits per heavy atom. The third kappa shape index (κ3) is 5.52. The molecule has 0 radical (unpaired) electrons. The van der Waals surface area contributed by atoms with Crippen molar-refractivity contribution in [3.8, 4) is 0 Å². The van der Waals surface area contributed by atoms with Crippen molar-refractivity contribution in [2.24, 2.45) is 0 Å². The lowest BCUT2D eigenvalue weighted by Gasteiger charge is -2.15. The molecule has 1 rings (SSSR count). The summed E-state index contributed by atoms with van der Waals surface area (Å²) in [4.78, 5) is 23.2. The van der Waals surface area contributed by atoms with E-state index in [2.05, 4.69) is 10.6 Å². The third-order valence-corrected chi connectivity index (χ3v) is 2.59. The molecule has 19 heavy (non-hydrogen) atoms. The van der Waals surface area contributed by atoms with Crippen molar-refractivity contribution >= 4 is 17.5 Å². The summed E-state index contributed by atoms with van der Waals surface area (Å²) in [5.41, 5.74) is 1.65. The number of amides is 2. The standard InChI is InChI=1S/C14H20N2O3/c1-9-4-6-12(7-5-9)16-14(19)13(18)15-10(2)8-11(3)17/h4-7,10-11,17H,8H2,1-3H3,(H,15,18)(H,16,19). The van der Waals surface area contributed by atoms with E-state index in [-0.39, 0.29) is 6.04 Å². The number of carbonyl (C=O) groups is 2. The number of anilines is 1. The van der Waals surface area contributed by atoms with Crippen molar-refractivity contribution in [1.82, 2.24) is 5.32 Å². The number of nitrogens with one attached hydrogen (secondary N) is 2. The molecule has 0 saturated heterocycles. The zero-order valence-corrected chi connectivity index (χ0v) is 11.4. The van der Waals surface area contributed by atoms with E-state index in [4.69, 9.17) is 0 Å². The van der Waals surface area contributed by atoms with Gasteiger partial charge in [0.15, 0.2) is 0 Å². The summed E-state index contributed by atoms with van der Waals surface area (Å²) in [6.07, 6.45) is -0.112. The Morgan fingerprint density at radius 3 is 2.26 bits per heavy atom. The molecule has 5 nitrogen and oxygen atoms in total. The molecule has 2 atom stereocenters. The van der Waals surface area contributed by atoms with E-state index in [9.17, 15) is 14.7 Å². The van der Waals surface area contributed by atoms with Crippen molar-refractivity contribution in [3.63, 3.8) is 0 Å². The highest BCUT2D eigenvalue weighted by atomic mass is 16.3. The van der Waals surface area contributed by atoms with E-state index in [0.29, 0.717) is 12.1 Å². The molecule has 3 N–H and O–H groups in total.